The summed E-state index contributed by atoms with van der Waals surface area (Å²) in [6.45, 7) is -0.196. The summed E-state index contributed by atoms with van der Waals surface area (Å²) in [5, 5.41) is 13.9. The number of hydrogen-bond acceptors (Lipinski definition) is 5. The molecule has 1 aliphatic heterocycles. The van der Waals surface area contributed by atoms with Gasteiger partial charge in [0.15, 0.2) is 0 Å². The average Bonchev–Trinajstić information content (AvgIpc) is 3.26. The highest BCUT2D eigenvalue weighted by Crippen LogP contribution is 2.61. The first-order chi connectivity index (χ1) is 20.3. The van der Waals surface area contributed by atoms with Gasteiger partial charge in [0.1, 0.15) is 0 Å². The zero-order chi connectivity index (χ0) is 29.3. The van der Waals surface area contributed by atoms with Gasteiger partial charge in [-0.2, -0.15) is 5.01 Å². The molecule has 8 nitrogen and oxygen atoms in total. The topological polar surface area (TPSA) is 101 Å². The monoisotopic (exact) mass is 597 g/mol. The van der Waals surface area contributed by atoms with Crippen LogP contribution in [-0.4, -0.2) is 32.7 Å². The Labute approximate surface area is 250 Å². The van der Waals surface area contributed by atoms with Gasteiger partial charge in [0.05, 0.1) is 23.3 Å². The molecule has 208 valence electrons. The maximum atomic E-state index is 14.4. The quantitative estimate of drug-likeness (QED) is 0.151. The Kier molecular flexibility index (Phi) is 6.15. The first kappa shape index (κ1) is 26.4. The van der Waals surface area contributed by atoms with E-state index in [1.165, 1.54) is 30.3 Å². The smallest absolute Gasteiger partial charge is 0.272 e. The highest BCUT2D eigenvalue weighted by atomic mass is 35.5. The lowest BCUT2D eigenvalue weighted by atomic mass is 9.55. The zero-order valence-electron chi connectivity index (χ0n) is 21.8. The molecule has 8 rings (SSSR count). The van der Waals surface area contributed by atoms with Crippen LogP contribution in [-0.2, 0) is 16.1 Å². The van der Waals surface area contributed by atoms with Crippen LogP contribution in [0, 0.1) is 22.0 Å². The molecule has 0 saturated carbocycles. The lowest BCUT2D eigenvalue weighted by Crippen LogP contribution is -2.50. The molecule has 4 aromatic rings. The predicted octanol–water partition coefficient (Wildman–Crippen LogP) is 6.35. The summed E-state index contributed by atoms with van der Waals surface area (Å²) in [4.78, 5) is 53.4. The highest BCUT2D eigenvalue weighted by molar-refractivity contribution is 6.35. The number of nitro groups is 1. The van der Waals surface area contributed by atoms with E-state index in [1.807, 2.05) is 48.5 Å². The standard InChI is InChI=1S/C32H21Cl2N3O5/c33-19-12-9-18(25(34)15-19)16-35(30(38)17-10-13-20(14-11-17)37(41)42)36-31(39)28-26-21-5-1-2-6-22(21)27(29(28)32(36)40)24-8-4-3-7-23(24)26/h1-15,26-29H,16H2/t26?,27?,28-,29-/m1/s1. The molecular weight excluding hydrogens is 577 g/mol. The second-order valence-electron chi connectivity index (χ2n) is 10.7. The van der Waals surface area contributed by atoms with Crippen molar-refractivity contribution in [2.24, 2.45) is 11.8 Å². The molecule has 4 aliphatic rings. The number of amides is 3. The Morgan fingerprint density at radius 2 is 1.29 bits per heavy atom. The van der Waals surface area contributed by atoms with Crippen LogP contribution >= 0.6 is 23.2 Å². The van der Waals surface area contributed by atoms with Crippen molar-refractivity contribution in [3.63, 3.8) is 0 Å². The number of hydrazine groups is 1. The van der Waals surface area contributed by atoms with Crippen LogP contribution < -0.4 is 0 Å². The highest BCUT2D eigenvalue weighted by Gasteiger charge is 2.63. The van der Waals surface area contributed by atoms with Crippen molar-refractivity contribution in [1.29, 1.82) is 0 Å². The minimum Gasteiger partial charge on any atom is -0.272 e. The number of benzene rings is 4. The molecule has 2 atom stereocenters. The number of nitrogens with zero attached hydrogens (tertiary/aromatic N) is 3. The summed E-state index contributed by atoms with van der Waals surface area (Å²) in [5.74, 6) is -3.68. The molecule has 2 bridgehead atoms. The lowest BCUT2D eigenvalue weighted by Gasteiger charge is -2.45. The average molecular weight is 598 g/mol. The van der Waals surface area contributed by atoms with E-state index in [-0.39, 0.29) is 34.7 Å². The van der Waals surface area contributed by atoms with Gasteiger partial charge in [-0.15, -0.1) is 0 Å². The van der Waals surface area contributed by atoms with E-state index in [2.05, 4.69) is 0 Å². The number of nitro benzene ring substituents is 1. The normalized spacial score (nSPS) is 21.5. The van der Waals surface area contributed by atoms with E-state index in [9.17, 15) is 24.5 Å². The van der Waals surface area contributed by atoms with Gasteiger partial charge in [0, 0.05) is 39.6 Å². The van der Waals surface area contributed by atoms with E-state index in [4.69, 9.17) is 23.2 Å². The van der Waals surface area contributed by atoms with Gasteiger partial charge in [-0.1, -0.05) is 77.8 Å². The van der Waals surface area contributed by atoms with Crippen LogP contribution in [0.3, 0.4) is 0 Å². The van der Waals surface area contributed by atoms with E-state index < -0.39 is 34.5 Å². The van der Waals surface area contributed by atoms with Crippen molar-refractivity contribution in [2.75, 3.05) is 0 Å². The van der Waals surface area contributed by atoms with Gasteiger partial charge >= 0.3 is 0 Å². The lowest BCUT2D eigenvalue weighted by molar-refractivity contribution is -0.384. The van der Waals surface area contributed by atoms with Crippen LogP contribution in [0.5, 0.6) is 0 Å². The van der Waals surface area contributed by atoms with Crippen molar-refractivity contribution >= 4 is 46.6 Å². The molecule has 3 aliphatic carbocycles. The SMILES string of the molecule is O=C(c1ccc([N+](=O)[O-])cc1)N(Cc1ccc(Cl)cc1Cl)N1C(=O)[C@@H]2C3c4ccccc4C(c4ccccc43)[C@H]2C1=O. The van der Waals surface area contributed by atoms with Crippen molar-refractivity contribution < 1.29 is 19.3 Å². The summed E-state index contributed by atoms with van der Waals surface area (Å²) < 4.78 is 0. The first-order valence-electron chi connectivity index (χ1n) is 13.3. The molecule has 4 aromatic carbocycles. The van der Waals surface area contributed by atoms with Gasteiger partial charge in [0.25, 0.3) is 23.4 Å². The number of rotatable bonds is 5. The molecule has 0 aromatic heterocycles. The molecule has 10 heteroatoms. The second-order valence-corrected chi connectivity index (χ2v) is 11.5. The Morgan fingerprint density at radius 1 is 0.786 bits per heavy atom. The Balaban J connectivity index is 1.34. The molecule has 0 unspecified atom stereocenters. The molecule has 0 radical (unpaired) electrons. The second kappa shape index (κ2) is 9.79. The van der Waals surface area contributed by atoms with E-state index >= 15 is 0 Å². The third kappa shape index (κ3) is 3.86. The molecule has 0 spiro atoms. The van der Waals surface area contributed by atoms with Gasteiger partial charge in [-0.25, -0.2) is 5.01 Å². The third-order valence-electron chi connectivity index (χ3n) is 8.56. The number of halogens is 2. The van der Waals surface area contributed by atoms with Crippen molar-refractivity contribution in [2.45, 2.75) is 18.4 Å². The summed E-state index contributed by atoms with van der Waals surface area (Å²) >= 11 is 12.6. The minimum atomic E-state index is -0.694. The fourth-order valence-electron chi connectivity index (χ4n) is 6.82. The summed E-state index contributed by atoms with van der Waals surface area (Å²) in [5.41, 5.74) is 4.42. The Bertz CT molecular complexity index is 1710. The number of imide groups is 1. The molecule has 1 fully saturated rings. The van der Waals surface area contributed by atoms with Crippen LogP contribution in [0.1, 0.15) is 50.0 Å². The van der Waals surface area contributed by atoms with Crippen molar-refractivity contribution in [3.05, 3.63) is 145 Å². The first-order valence-corrected chi connectivity index (χ1v) is 14.1. The summed E-state index contributed by atoms with van der Waals surface area (Å²) in [6, 6.07) is 25.6. The molecule has 1 heterocycles. The zero-order valence-corrected chi connectivity index (χ0v) is 23.3. The van der Waals surface area contributed by atoms with Gasteiger partial charge in [-0.3, -0.25) is 24.5 Å². The number of carbonyl (C=O) groups excluding carboxylic acids is 3. The van der Waals surface area contributed by atoms with E-state index in [0.717, 1.165) is 32.3 Å². The van der Waals surface area contributed by atoms with Crippen LogP contribution in [0.2, 0.25) is 10.0 Å². The Morgan fingerprint density at radius 3 is 1.74 bits per heavy atom. The van der Waals surface area contributed by atoms with E-state index in [1.54, 1.807) is 12.1 Å². The largest absolute Gasteiger partial charge is 0.273 e. The predicted molar refractivity (Wildman–Crippen MR) is 155 cm³/mol. The minimum absolute atomic E-state index is 0.0794. The third-order valence-corrected chi connectivity index (χ3v) is 9.15. The van der Waals surface area contributed by atoms with Gasteiger partial charge in [-0.05, 0) is 52.1 Å². The molecule has 0 N–H and O–H groups in total. The fraction of sp³-hybridized carbons (Fsp3) is 0.156. The van der Waals surface area contributed by atoms with Gasteiger partial charge < -0.3 is 0 Å². The molecule has 1 saturated heterocycles. The van der Waals surface area contributed by atoms with Crippen LogP contribution in [0.4, 0.5) is 5.69 Å². The summed E-state index contributed by atoms with van der Waals surface area (Å²) in [7, 11) is 0. The van der Waals surface area contributed by atoms with E-state index in [0.29, 0.717) is 10.6 Å². The van der Waals surface area contributed by atoms with Crippen molar-refractivity contribution in [3.8, 4) is 0 Å². The number of carbonyl (C=O) groups is 3. The van der Waals surface area contributed by atoms with Crippen molar-refractivity contribution in [1.82, 2.24) is 10.0 Å². The summed E-state index contributed by atoms with van der Waals surface area (Å²) in [6.07, 6.45) is 0. The van der Waals surface area contributed by atoms with Gasteiger partial charge in [0.2, 0.25) is 0 Å². The molecule has 42 heavy (non-hydrogen) atoms. The van der Waals surface area contributed by atoms with Crippen LogP contribution in [0.15, 0.2) is 91.0 Å². The maximum Gasteiger partial charge on any atom is 0.273 e. The molecular formula is C32H21Cl2N3O5. The maximum absolute atomic E-state index is 14.4. The number of hydrogen-bond donors (Lipinski definition) is 0. The molecule has 3 amide bonds. The Hall–Kier alpha value is -4.53. The van der Waals surface area contributed by atoms with Crippen LogP contribution in [0.25, 0.3) is 0 Å². The fourth-order valence-corrected chi connectivity index (χ4v) is 7.29. The number of non-ortho nitro benzene ring substituents is 1.